The average Bonchev–Trinajstić information content (AvgIpc) is 2.56. The Kier molecular flexibility index (Phi) is 2.86. The van der Waals surface area contributed by atoms with Gasteiger partial charge in [0.05, 0.1) is 0 Å². The van der Waals surface area contributed by atoms with Crippen molar-refractivity contribution in [1.82, 2.24) is 4.57 Å². The molecule has 0 aliphatic heterocycles. The topological polar surface area (TPSA) is 4.93 Å². The van der Waals surface area contributed by atoms with Gasteiger partial charge in [0.2, 0.25) is 0 Å². The summed E-state index contributed by atoms with van der Waals surface area (Å²) >= 11 is 0. The maximum Gasteiger partial charge on any atom is 0.0455 e. The van der Waals surface area contributed by atoms with E-state index in [2.05, 4.69) is 68.7 Å². The Bertz CT molecular complexity index is 478. The SMILES string of the molecule is Cc1cc(C(C)C)c(C)n1-c1ccccc1. The average molecular weight is 213 g/mol. The van der Waals surface area contributed by atoms with E-state index in [4.69, 9.17) is 0 Å². The van der Waals surface area contributed by atoms with Crippen molar-refractivity contribution in [1.29, 1.82) is 0 Å². The minimum Gasteiger partial charge on any atom is -0.318 e. The highest BCUT2D eigenvalue weighted by Gasteiger charge is 2.12. The minimum absolute atomic E-state index is 0.587. The molecule has 2 aromatic rings. The van der Waals surface area contributed by atoms with Crippen LogP contribution in [0.1, 0.15) is 36.7 Å². The van der Waals surface area contributed by atoms with Crippen LogP contribution in [-0.4, -0.2) is 4.57 Å². The van der Waals surface area contributed by atoms with Crippen LogP contribution >= 0.6 is 0 Å². The van der Waals surface area contributed by atoms with Crippen molar-refractivity contribution >= 4 is 0 Å². The molecule has 0 saturated carbocycles. The second-order valence-electron chi connectivity index (χ2n) is 4.65. The summed E-state index contributed by atoms with van der Waals surface area (Å²) in [5.74, 6) is 0.587. The molecule has 1 aromatic heterocycles. The van der Waals surface area contributed by atoms with E-state index >= 15 is 0 Å². The Morgan fingerprint density at radius 1 is 1.00 bits per heavy atom. The van der Waals surface area contributed by atoms with Crippen molar-refractivity contribution in [2.24, 2.45) is 0 Å². The van der Waals surface area contributed by atoms with E-state index in [1.165, 1.54) is 22.6 Å². The third kappa shape index (κ3) is 1.78. The molecule has 1 heteroatoms. The van der Waals surface area contributed by atoms with Gasteiger partial charge in [-0.3, -0.25) is 0 Å². The number of aromatic nitrogens is 1. The molecule has 84 valence electrons. The second kappa shape index (κ2) is 4.17. The summed E-state index contributed by atoms with van der Waals surface area (Å²) in [5.41, 5.74) is 5.37. The molecule has 0 spiro atoms. The highest BCUT2D eigenvalue weighted by molar-refractivity contribution is 5.41. The molecule has 1 aromatic carbocycles. The van der Waals surface area contributed by atoms with Gasteiger partial charge in [-0.25, -0.2) is 0 Å². The summed E-state index contributed by atoms with van der Waals surface area (Å²) < 4.78 is 2.33. The van der Waals surface area contributed by atoms with E-state index in [-0.39, 0.29) is 0 Å². The minimum atomic E-state index is 0.587. The van der Waals surface area contributed by atoms with Crippen molar-refractivity contribution in [3.05, 3.63) is 53.3 Å². The molecule has 0 unspecified atom stereocenters. The van der Waals surface area contributed by atoms with Gasteiger partial charge in [0.25, 0.3) is 0 Å². The van der Waals surface area contributed by atoms with Crippen LogP contribution in [0.15, 0.2) is 36.4 Å². The van der Waals surface area contributed by atoms with E-state index < -0.39 is 0 Å². The zero-order valence-electron chi connectivity index (χ0n) is 10.5. The molecule has 0 N–H and O–H groups in total. The quantitative estimate of drug-likeness (QED) is 0.704. The standard InChI is InChI=1S/C15H19N/c1-11(2)15-10-12(3)16(13(15)4)14-8-6-5-7-9-14/h5-11H,1-4H3. The van der Waals surface area contributed by atoms with Gasteiger partial charge in [0.15, 0.2) is 0 Å². The predicted octanol–water partition coefficient (Wildman–Crippen LogP) is 4.22. The van der Waals surface area contributed by atoms with Gasteiger partial charge >= 0.3 is 0 Å². The maximum absolute atomic E-state index is 2.33. The summed E-state index contributed by atoms with van der Waals surface area (Å²) in [5, 5.41) is 0. The number of rotatable bonds is 2. The molecule has 0 radical (unpaired) electrons. The van der Waals surface area contributed by atoms with Crippen LogP contribution in [0.2, 0.25) is 0 Å². The third-order valence-corrected chi connectivity index (χ3v) is 3.11. The van der Waals surface area contributed by atoms with Crippen LogP contribution in [0.3, 0.4) is 0 Å². The summed E-state index contributed by atoms with van der Waals surface area (Å²) in [7, 11) is 0. The Labute approximate surface area is 97.7 Å². The highest BCUT2D eigenvalue weighted by atomic mass is 15.0. The van der Waals surface area contributed by atoms with Crippen molar-refractivity contribution < 1.29 is 0 Å². The van der Waals surface area contributed by atoms with Gasteiger partial charge in [0.1, 0.15) is 0 Å². The first-order chi connectivity index (χ1) is 7.61. The molecule has 0 aliphatic rings. The Balaban J connectivity index is 2.58. The first kappa shape index (κ1) is 11.0. The fourth-order valence-corrected chi connectivity index (χ4v) is 2.35. The zero-order chi connectivity index (χ0) is 11.7. The largest absolute Gasteiger partial charge is 0.318 e. The Morgan fingerprint density at radius 2 is 1.62 bits per heavy atom. The van der Waals surface area contributed by atoms with Crippen molar-refractivity contribution in [3.63, 3.8) is 0 Å². The van der Waals surface area contributed by atoms with Gasteiger partial charge in [-0.1, -0.05) is 32.0 Å². The van der Waals surface area contributed by atoms with Gasteiger partial charge in [0, 0.05) is 17.1 Å². The van der Waals surface area contributed by atoms with Crippen molar-refractivity contribution in [2.75, 3.05) is 0 Å². The van der Waals surface area contributed by atoms with E-state index in [0.29, 0.717) is 5.92 Å². The van der Waals surface area contributed by atoms with E-state index in [1.807, 2.05) is 0 Å². The fourth-order valence-electron chi connectivity index (χ4n) is 2.35. The lowest BCUT2D eigenvalue weighted by Gasteiger charge is -2.10. The zero-order valence-corrected chi connectivity index (χ0v) is 10.5. The summed E-state index contributed by atoms with van der Waals surface area (Å²) in [6.07, 6.45) is 0. The lowest BCUT2D eigenvalue weighted by Crippen LogP contribution is -1.99. The Morgan fingerprint density at radius 3 is 2.12 bits per heavy atom. The summed E-state index contributed by atoms with van der Waals surface area (Å²) in [4.78, 5) is 0. The van der Waals surface area contributed by atoms with Crippen LogP contribution in [0, 0.1) is 13.8 Å². The van der Waals surface area contributed by atoms with Crippen LogP contribution in [-0.2, 0) is 0 Å². The lowest BCUT2D eigenvalue weighted by atomic mass is 10.0. The normalized spacial score (nSPS) is 11.1. The highest BCUT2D eigenvalue weighted by Crippen LogP contribution is 2.25. The molecule has 0 atom stereocenters. The monoisotopic (exact) mass is 213 g/mol. The van der Waals surface area contributed by atoms with Crippen molar-refractivity contribution in [3.8, 4) is 5.69 Å². The molecule has 1 heterocycles. The molecule has 0 bridgehead atoms. The molecule has 1 nitrogen and oxygen atoms in total. The molecule has 0 fully saturated rings. The first-order valence-corrected chi connectivity index (χ1v) is 5.85. The molecule has 2 rings (SSSR count). The van der Waals surface area contributed by atoms with E-state index in [0.717, 1.165) is 0 Å². The smallest absolute Gasteiger partial charge is 0.0455 e. The van der Waals surface area contributed by atoms with E-state index in [9.17, 15) is 0 Å². The lowest BCUT2D eigenvalue weighted by molar-refractivity contribution is 0.844. The predicted molar refractivity (Wildman–Crippen MR) is 69.3 cm³/mol. The van der Waals surface area contributed by atoms with Crippen LogP contribution in [0.5, 0.6) is 0 Å². The number of hydrogen-bond acceptors (Lipinski definition) is 0. The van der Waals surface area contributed by atoms with Crippen LogP contribution < -0.4 is 0 Å². The number of hydrogen-bond donors (Lipinski definition) is 0. The number of nitrogens with zero attached hydrogens (tertiary/aromatic N) is 1. The maximum atomic E-state index is 2.33. The molecule has 0 saturated heterocycles. The summed E-state index contributed by atoms with van der Waals surface area (Å²) in [6, 6.07) is 12.8. The second-order valence-corrected chi connectivity index (χ2v) is 4.65. The number of para-hydroxylation sites is 1. The molecular formula is C15H19N. The van der Waals surface area contributed by atoms with E-state index in [1.54, 1.807) is 0 Å². The van der Waals surface area contributed by atoms with Crippen LogP contribution in [0.25, 0.3) is 5.69 Å². The third-order valence-electron chi connectivity index (χ3n) is 3.11. The summed E-state index contributed by atoms with van der Waals surface area (Å²) in [6.45, 7) is 8.87. The van der Waals surface area contributed by atoms with Crippen LogP contribution in [0.4, 0.5) is 0 Å². The van der Waals surface area contributed by atoms with Gasteiger partial charge in [-0.15, -0.1) is 0 Å². The molecular weight excluding hydrogens is 194 g/mol. The fraction of sp³-hybridized carbons (Fsp3) is 0.333. The first-order valence-electron chi connectivity index (χ1n) is 5.85. The Hall–Kier alpha value is -1.50. The van der Waals surface area contributed by atoms with Gasteiger partial charge < -0.3 is 4.57 Å². The molecule has 0 amide bonds. The number of benzene rings is 1. The molecule has 0 aliphatic carbocycles. The number of aryl methyl sites for hydroxylation is 1. The van der Waals surface area contributed by atoms with Crippen molar-refractivity contribution in [2.45, 2.75) is 33.6 Å². The van der Waals surface area contributed by atoms with Gasteiger partial charge in [-0.2, -0.15) is 0 Å². The molecule has 16 heavy (non-hydrogen) atoms. The van der Waals surface area contributed by atoms with Gasteiger partial charge in [-0.05, 0) is 43.5 Å².